The predicted octanol–water partition coefficient (Wildman–Crippen LogP) is 1.77. The van der Waals surface area contributed by atoms with Crippen LogP contribution in [0.15, 0.2) is 0 Å². The third-order valence-corrected chi connectivity index (χ3v) is 1.07. The maximum atomic E-state index is 11.9. The highest BCUT2D eigenvalue weighted by molar-refractivity contribution is 5.67. The molecule has 3 nitrogen and oxygen atoms in total. The molecule has 0 rings (SSSR count). The molecule has 1 atom stereocenters. The van der Waals surface area contributed by atoms with Gasteiger partial charge in [-0.1, -0.05) is 0 Å². The van der Waals surface area contributed by atoms with E-state index in [1.165, 1.54) is 6.92 Å². The number of ether oxygens (including phenoxy) is 1. The number of hydrogen-bond donors (Lipinski definition) is 1. The van der Waals surface area contributed by atoms with Crippen LogP contribution in [0.1, 0.15) is 20.8 Å². The Kier molecular flexibility index (Phi) is 4.54. The van der Waals surface area contributed by atoms with Crippen molar-refractivity contribution < 1.29 is 18.3 Å². The summed E-state index contributed by atoms with van der Waals surface area (Å²) in [5.74, 6) is 0. The van der Waals surface area contributed by atoms with Crippen molar-refractivity contribution >= 4 is 6.09 Å². The van der Waals surface area contributed by atoms with Crippen LogP contribution >= 0.6 is 0 Å². The Hall–Kier alpha value is -0.870. The summed E-state index contributed by atoms with van der Waals surface area (Å²) in [6.07, 6.45) is -3.67. The lowest BCUT2D eigenvalue weighted by atomic mass is 10.4. The molecule has 0 unspecified atom stereocenters. The number of carbonyl (C=O) groups is 1. The van der Waals surface area contributed by atoms with Crippen LogP contribution in [0.5, 0.6) is 0 Å². The Labute approximate surface area is 70.1 Å². The molecule has 0 aromatic rings. The molecule has 1 N–H and O–H groups in total. The molecule has 0 fully saturated rings. The van der Waals surface area contributed by atoms with Gasteiger partial charge in [-0.3, -0.25) is 0 Å². The second-order valence-electron chi connectivity index (χ2n) is 2.72. The topological polar surface area (TPSA) is 38.3 Å². The summed E-state index contributed by atoms with van der Waals surface area (Å²) in [5, 5.41) is 2.00. The van der Waals surface area contributed by atoms with Gasteiger partial charge in [-0.15, -0.1) is 0 Å². The Morgan fingerprint density at radius 3 is 2.17 bits per heavy atom. The summed E-state index contributed by atoms with van der Waals surface area (Å²) in [5.41, 5.74) is 0. The predicted molar refractivity (Wildman–Crippen MR) is 40.2 cm³/mol. The molecule has 0 saturated heterocycles. The van der Waals surface area contributed by atoms with Gasteiger partial charge in [0.25, 0.3) is 6.43 Å². The summed E-state index contributed by atoms with van der Waals surface area (Å²) < 4.78 is 28.3. The Balaban J connectivity index is 3.69. The molecule has 0 aliphatic carbocycles. The summed E-state index contributed by atoms with van der Waals surface area (Å²) in [4.78, 5) is 10.7. The SMILES string of the molecule is CC(C)OC(=O)N[C@H](C)C(F)F. The molecule has 5 heteroatoms. The Morgan fingerprint density at radius 2 is 1.83 bits per heavy atom. The molecule has 12 heavy (non-hydrogen) atoms. The van der Waals surface area contributed by atoms with Crippen molar-refractivity contribution in [3.63, 3.8) is 0 Å². The molecular weight excluding hydrogens is 168 g/mol. The fraction of sp³-hybridized carbons (Fsp3) is 0.857. The van der Waals surface area contributed by atoms with Crippen LogP contribution in [0.2, 0.25) is 0 Å². The largest absolute Gasteiger partial charge is 0.447 e. The highest BCUT2D eigenvalue weighted by Crippen LogP contribution is 2.00. The van der Waals surface area contributed by atoms with Crippen molar-refractivity contribution in [2.75, 3.05) is 0 Å². The van der Waals surface area contributed by atoms with Gasteiger partial charge in [-0.25, -0.2) is 13.6 Å². The highest BCUT2D eigenvalue weighted by Gasteiger charge is 2.17. The molecule has 0 aliphatic rings. The number of nitrogens with one attached hydrogen (secondary N) is 1. The van der Waals surface area contributed by atoms with Crippen molar-refractivity contribution in [1.29, 1.82) is 0 Å². The monoisotopic (exact) mass is 181 g/mol. The molecule has 0 aromatic carbocycles. The lowest BCUT2D eigenvalue weighted by Gasteiger charge is -2.14. The van der Waals surface area contributed by atoms with Gasteiger partial charge in [0, 0.05) is 0 Å². The van der Waals surface area contributed by atoms with Crippen LogP contribution in [0.4, 0.5) is 13.6 Å². The van der Waals surface area contributed by atoms with Gasteiger partial charge in [0.05, 0.1) is 12.1 Å². The third kappa shape index (κ3) is 4.87. The fourth-order valence-corrected chi connectivity index (χ4v) is 0.497. The van der Waals surface area contributed by atoms with Crippen LogP contribution in [-0.4, -0.2) is 24.7 Å². The number of carbonyl (C=O) groups excluding carboxylic acids is 1. The molecule has 0 aliphatic heterocycles. The van der Waals surface area contributed by atoms with E-state index in [0.29, 0.717) is 0 Å². The highest BCUT2D eigenvalue weighted by atomic mass is 19.3. The van der Waals surface area contributed by atoms with E-state index in [9.17, 15) is 13.6 Å². The molecule has 72 valence electrons. The molecule has 0 saturated carbocycles. The second kappa shape index (κ2) is 4.90. The lowest BCUT2D eigenvalue weighted by Crippen LogP contribution is -2.38. The Bertz CT molecular complexity index is 150. The smallest absolute Gasteiger partial charge is 0.407 e. The minimum Gasteiger partial charge on any atom is -0.447 e. The average Bonchev–Trinajstić information content (AvgIpc) is 1.84. The van der Waals surface area contributed by atoms with Gasteiger partial charge < -0.3 is 10.1 Å². The van der Waals surface area contributed by atoms with Crippen LogP contribution in [0.25, 0.3) is 0 Å². The number of rotatable bonds is 3. The number of halogens is 2. The van der Waals surface area contributed by atoms with Crippen molar-refractivity contribution in [2.24, 2.45) is 0 Å². The molecule has 0 aromatic heterocycles. The van der Waals surface area contributed by atoms with Gasteiger partial charge in [-0.2, -0.15) is 0 Å². The minimum atomic E-state index is -2.57. The van der Waals surface area contributed by atoms with Gasteiger partial charge in [0.2, 0.25) is 0 Å². The number of alkyl halides is 2. The van der Waals surface area contributed by atoms with E-state index in [0.717, 1.165) is 0 Å². The van der Waals surface area contributed by atoms with Gasteiger partial charge in [-0.05, 0) is 20.8 Å². The van der Waals surface area contributed by atoms with E-state index in [1.54, 1.807) is 13.8 Å². The fourth-order valence-electron chi connectivity index (χ4n) is 0.497. The van der Waals surface area contributed by atoms with Crippen molar-refractivity contribution in [3.8, 4) is 0 Å². The number of amides is 1. The van der Waals surface area contributed by atoms with Crippen LogP contribution in [0.3, 0.4) is 0 Å². The van der Waals surface area contributed by atoms with Gasteiger partial charge >= 0.3 is 6.09 Å². The zero-order valence-electron chi connectivity index (χ0n) is 7.30. The number of hydrogen-bond acceptors (Lipinski definition) is 2. The molecule has 0 spiro atoms. The standard InChI is InChI=1S/C7H13F2NO2/c1-4(2)12-7(11)10-5(3)6(8)9/h4-6H,1-3H3,(H,10,11)/t5-/m1/s1. The van der Waals surface area contributed by atoms with E-state index < -0.39 is 18.6 Å². The van der Waals surface area contributed by atoms with Crippen LogP contribution < -0.4 is 5.32 Å². The maximum Gasteiger partial charge on any atom is 0.407 e. The summed E-state index contributed by atoms with van der Waals surface area (Å²) in [7, 11) is 0. The second-order valence-corrected chi connectivity index (χ2v) is 2.72. The summed E-state index contributed by atoms with van der Waals surface area (Å²) in [6, 6.07) is -1.17. The molecule has 1 amide bonds. The van der Waals surface area contributed by atoms with Gasteiger partial charge in [0.1, 0.15) is 0 Å². The third-order valence-electron chi connectivity index (χ3n) is 1.07. The molecular formula is C7H13F2NO2. The van der Waals surface area contributed by atoms with Gasteiger partial charge in [0.15, 0.2) is 0 Å². The summed E-state index contributed by atoms with van der Waals surface area (Å²) >= 11 is 0. The first-order valence-corrected chi connectivity index (χ1v) is 3.68. The zero-order chi connectivity index (χ0) is 9.72. The van der Waals surface area contributed by atoms with Crippen LogP contribution in [-0.2, 0) is 4.74 Å². The van der Waals surface area contributed by atoms with E-state index >= 15 is 0 Å². The number of alkyl carbamates (subject to hydrolysis) is 1. The first kappa shape index (κ1) is 11.1. The molecule has 0 bridgehead atoms. The lowest BCUT2D eigenvalue weighted by molar-refractivity contribution is 0.0799. The van der Waals surface area contributed by atoms with Crippen molar-refractivity contribution in [2.45, 2.75) is 39.3 Å². The quantitative estimate of drug-likeness (QED) is 0.720. The average molecular weight is 181 g/mol. The molecule has 0 radical (unpaired) electrons. The van der Waals surface area contributed by atoms with Crippen molar-refractivity contribution in [3.05, 3.63) is 0 Å². The van der Waals surface area contributed by atoms with Crippen LogP contribution in [0, 0.1) is 0 Å². The summed E-state index contributed by atoms with van der Waals surface area (Å²) in [6.45, 7) is 4.51. The maximum absolute atomic E-state index is 11.9. The van der Waals surface area contributed by atoms with E-state index in [2.05, 4.69) is 4.74 Å². The first-order valence-electron chi connectivity index (χ1n) is 3.68. The minimum absolute atomic E-state index is 0.296. The normalized spacial score (nSPS) is 13.2. The zero-order valence-corrected chi connectivity index (χ0v) is 7.30. The first-order chi connectivity index (χ1) is 5.43. The Morgan fingerprint density at radius 1 is 1.33 bits per heavy atom. The van der Waals surface area contributed by atoms with E-state index in [-0.39, 0.29) is 6.10 Å². The van der Waals surface area contributed by atoms with E-state index in [4.69, 9.17) is 0 Å². The van der Waals surface area contributed by atoms with E-state index in [1.807, 2.05) is 5.32 Å². The van der Waals surface area contributed by atoms with Crippen molar-refractivity contribution in [1.82, 2.24) is 5.32 Å². The molecule has 0 heterocycles.